The van der Waals surface area contributed by atoms with Gasteiger partial charge >= 0.3 is 0 Å². The second-order valence-corrected chi connectivity index (χ2v) is 16.0. The third kappa shape index (κ3) is 11.5. The second kappa shape index (κ2) is 21.2. The van der Waals surface area contributed by atoms with E-state index in [1.54, 1.807) is 44.9 Å². The molecule has 55 heavy (non-hydrogen) atoms. The summed E-state index contributed by atoms with van der Waals surface area (Å²) in [5.41, 5.74) is -0.742. The highest BCUT2D eigenvalue weighted by atomic mass is 19.1. The zero-order valence-electron chi connectivity index (χ0n) is 35.5. The van der Waals surface area contributed by atoms with Gasteiger partial charge in [0.1, 0.15) is 11.9 Å². The van der Waals surface area contributed by atoms with Crippen molar-refractivity contribution in [2.24, 2.45) is 23.7 Å². The summed E-state index contributed by atoms with van der Waals surface area (Å²) in [4.78, 5) is 72.0. The molecule has 312 valence electrons. The number of hydrogen-bond acceptors (Lipinski definition) is 9. The highest BCUT2D eigenvalue weighted by Crippen LogP contribution is 2.39. The van der Waals surface area contributed by atoms with E-state index in [0.29, 0.717) is 12.8 Å². The minimum Gasteiger partial charge on any atom is -0.380 e. The van der Waals surface area contributed by atoms with E-state index in [-0.39, 0.29) is 65.9 Å². The van der Waals surface area contributed by atoms with E-state index < -0.39 is 59.6 Å². The molecule has 1 aromatic rings. The average molecular weight is 778 g/mol. The summed E-state index contributed by atoms with van der Waals surface area (Å²) in [6, 6.07) is 2.42. The first kappa shape index (κ1) is 47.7. The van der Waals surface area contributed by atoms with Gasteiger partial charge in [0.2, 0.25) is 23.6 Å². The molecule has 0 saturated carbocycles. The minimum atomic E-state index is -1.01. The molecule has 1 aromatic carbocycles. The molecule has 1 aliphatic rings. The zero-order valence-corrected chi connectivity index (χ0v) is 35.5. The Labute approximate surface area is 328 Å². The van der Waals surface area contributed by atoms with Gasteiger partial charge in [-0.05, 0) is 62.9 Å². The quantitative estimate of drug-likeness (QED) is 0.158. The maximum atomic E-state index is 14.5. The fourth-order valence-electron chi connectivity index (χ4n) is 8.03. The van der Waals surface area contributed by atoms with Crippen LogP contribution in [0.5, 0.6) is 0 Å². The molecule has 1 saturated heterocycles. The van der Waals surface area contributed by atoms with Gasteiger partial charge in [0.15, 0.2) is 5.78 Å². The number of nitrogens with one attached hydrogen (secondary N) is 3. The van der Waals surface area contributed by atoms with E-state index >= 15 is 0 Å². The second-order valence-electron chi connectivity index (χ2n) is 16.0. The Morgan fingerprint density at radius 2 is 1.49 bits per heavy atom. The molecule has 1 aliphatic heterocycles. The molecular formula is C41H68FN5O8. The monoisotopic (exact) mass is 778 g/mol. The lowest BCUT2D eigenvalue weighted by Gasteiger charge is -2.44. The van der Waals surface area contributed by atoms with Crippen molar-refractivity contribution in [3.05, 3.63) is 35.6 Å². The van der Waals surface area contributed by atoms with Gasteiger partial charge in [0.05, 0.1) is 54.3 Å². The summed E-state index contributed by atoms with van der Waals surface area (Å²) in [5.74, 6) is -3.19. The molecule has 0 aromatic heterocycles. The number of methoxy groups -OCH3 is 3. The van der Waals surface area contributed by atoms with Crippen molar-refractivity contribution in [2.75, 3.05) is 42.0 Å². The van der Waals surface area contributed by atoms with Gasteiger partial charge in [0, 0.05) is 46.9 Å². The molecule has 1 fully saturated rings. The van der Waals surface area contributed by atoms with Crippen molar-refractivity contribution < 1.29 is 42.6 Å². The van der Waals surface area contributed by atoms with Gasteiger partial charge in [-0.1, -0.05) is 54.9 Å². The molecular weight excluding hydrogens is 709 g/mol. The summed E-state index contributed by atoms with van der Waals surface area (Å²) in [5, 5.41) is 8.78. The van der Waals surface area contributed by atoms with Crippen LogP contribution in [0, 0.1) is 29.5 Å². The van der Waals surface area contributed by atoms with Crippen LogP contribution in [-0.2, 0) is 33.4 Å². The molecule has 10 atom stereocenters. The molecule has 0 bridgehead atoms. The maximum absolute atomic E-state index is 14.5. The van der Waals surface area contributed by atoms with E-state index in [9.17, 15) is 28.4 Å². The van der Waals surface area contributed by atoms with E-state index in [2.05, 4.69) is 16.0 Å². The molecule has 0 radical (unpaired) electrons. The predicted molar refractivity (Wildman–Crippen MR) is 210 cm³/mol. The fraction of sp³-hybridized carbons (Fsp3) is 0.732. The van der Waals surface area contributed by atoms with E-state index in [1.807, 2.05) is 48.5 Å². The average Bonchev–Trinajstić information content (AvgIpc) is 3.49. The van der Waals surface area contributed by atoms with Crippen LogP contribution in [0.2, 0.25) is 0 Å². The Hall–Kier alpha value is -3.46. The molecule has 4 amide bonds. The minimum absolute atomic E-state index is 0.00651. The Morgan fingerprint density at radius 3 is 1.96 bits per heavy atom. The van der Waals surface area contributed by atoms with Crippen LogP contribution in [0.25, 0.3) is 0 Å². The number of ether oxygens (including phenoxy) is 3. The number of hydrogen-bond donors (Lipinski definition) is 3. The Kier molecular flexibility index (Phi) is 18.4. The van der Waals surface area contributed by atoms with Crippen molar-refractivity contribution >= 4 is 29.4 Å². The lowest BCUT2D eigenvalue weighted by molar-refractivity contribution is -0.152. The Balaban J connectivity index is 2.38. The number of likely N-dealkylation sites (N-methyl/N-ethyl adjacent to an activating group) is 2. The summed E-state index contributed by atoms with van der Waals surface area (Å²) in [7, 11) is 7.98. The first-order chi connectivity index (χ1) is 25.7. The Morgan fingerprint density at radius 1 is 0.909 bits per heavy atom. The third-order valence-electron chi connectivity index (χ3n) is 11.5. The molecule has 1 unspecified atom stereocenters. The van der Waals surface area contributed by atoms with Crippen LogP contribution in [0.1, 0.15) is 91.9 Å². The van der Waals surface area contributed by atoms with Crippen LogP contribution in [0.15, 0.2) is 24.3 Å². The van der Waals surface area contributed by atoms with Crippen molar-refractivity contribution in [2.45, 2.75) is 130 Å². The van der Waals surface area contributed by atoms with Crippen LogP contribution in [-0.4, -0.2) is 129 Å². The van der Waals surface area contributed by atoms with Gasteiger partial charge in [-0.3, -0.25) is 24.0 Å². The first-order valence-corrected chi connectivity index (χ1v) is 19.5. The molecule has 3 N–H and O–H groups in total. The number of carbonyl (C=O) groups excluding carboxylic acids is 5. The van der Waals surface area contributed by atoms with Crippen molar-refractivity contribution in [3.63, 3.8) is 0 Å². The van der Waals surface area contributed by atoms with E-state index in [1.165, 1.54) is 38.5 Å². The van der Waals surface area contributed by atoms with Crippen molar-refractivity contribution in [3.8, 4) is 0 Å². The number of ketones is 1. The number of benzene rings is 1. The number of likely N-dealkylation sites (tertiary alicyclic amines) is 1. The van der Waals surface area contributed by atoms with E-state index in [4.69, 9.17) is 14.2 Å². The van der Waals surface area contributed by atoms with Gasteiger partial charge in [-0.15, -0.1) is 0 Å². The molecule has 14 heteroatoms. The van der Waals surface area contributed by atoms with E-state index in [0.717, 1.165) is 0 Å². The summed E-state index contributed by atoms with van der Waals surface area (Å²) in [6.45, 7) is 17.0. The van der Waals surface area contributed by atoms with Crippen LogP contribution >= 0.6 is 0 Å². The number of carbonyl (C=O) groups is 5. The number of amides is 4. The molecule has 2 rings (SSSR count). The van der Waals surface area contributed by atoms with Gasteiger partial charge in [-0.2, -0.15) is 0 Å². The van der Waals surface area contributed by atoms with Crippen molar-refractivity contribution in [1.82, 2.24) is 25.8 Å². The Bertz CT molecular complexity index is 1440. The molecule has 13 nitrogen and oxygen atoms in total. The molecule has 0 aliphatic carbocycles. The van der Waals surface area contributed by atoms with Gasteiger partial charge in [-0.25, -0.2) is 4.39 Å². The summed E-state index contributed by atoms with van der Waals surface area (Å²) >= 11 is 0. The highest BCUT2D eigenvalue weighted by molar-refractivity contribution is 6.01. The van der Waals surface area contributed by atoms with Crippen molar-refractivity contribution in [1.29, 1.82) is 0 Å². The zero-order chi connectivity index (χ0) is 41.9. The lowest BCUT2D eigenvalue weighted by atomic mass is 9.82. The summed E-state index contributed by atoms with van der Waals surface area (Å²) in [6.07, 6.45) is -0.880. The smallest absolute Gasteiger partial charge is 0.245 e. The number of halogens is 1. The van der Waals surface area contributed by atoms with Gasteiger partial charge < -0.3 is 40.0 Å². The normalized spacial score (nSPS) is 21.6. The topological polar surface area (TPSA) is 156 Å². The number of rotatable bonds is 21. The standard InChI is InChI=1S/C41H68FN5O8/c1-15-25(6)35(46(11)40(52)34(24(4)5)45-39(51)33(43-10)23(2)3)31(54-13)20-32(48)47-22-30(53-12)21-41(47,9)37(55-14)26(7)38(50)44-27(8)36(49)28-16-18-29(42)19-17-28/h16-19,23-27,30-31,33-35,37,43H,15,20-22H2,1-14H3,(H,44,50)(H,45,51)/t25?,26-,27+,30-,31-,33+,34+,35+,37-,41+/m1/s1. The fourth-order valence-corrected chi connectivity index (χ4v) is 8.03. The molecule has 1 heterocycles. The highest BCUT2D eigenvalue weighted by Gasteiger charge is 2.53. The largest absolute Gasteiger partial charge is 0.380 e. The van der Waals surface area contributed by atoms with Crippen LogP contribution in [0.3, 0.4) is 0 Å². The first-order valence-electron chi connectivity index (χ1n) is 19.5. The SMILES string of the molecule is CCC(C)[C@@H]([C@@H](CC(=O)N1C[C@H](OC)C[C@@]1(C)[C@H](OC)[C@@H](C)C(=O)N[C@@H](C)C(=O)c1ccc(F)cc1)OC)N(C)C(=O)[C@@H](NC(=O)[C@@H](NC)C(C)C)C(C)C. The summed E-state index contributed by atoms with van der Waals surface area (Å²) < 4.78 is 31.2. The van der Waals surface area contributed by atoms with Gasteiger partial charge in [0.25, 0.3) is 0 Å². The number of Topliss-reactive ketones (excluding diaryl/α,β-unsaturated/α-hetero) is 1. The van der Waals surface area contributed by atoms with Crippen LogP contribution < -0.4 is 16.0 Å². The van der Waals surface area contributed by atoms with Crippen LogP contribution in [0.4, 0.5) is 4.39 Å². The maximum Gasteiger partial charge on any atom is 0.245 e. The molecule has 0 spiro atoms. The number of nitrogens with zero attached hydrogens (tertiary/aromatic N) is 2. The lowest BCUT2D eigenvalue weighted by Crippen LogP contribution is -2.61. The predicted octanol–water partition coefficient (Wildman–Crippen LogP) is 3.83. The third-order valence-corrected chi connectivity index (χ3v) is 11.5.